The minimum Gasteiger partial charge on any atom is -0.379 e. The van der Waals surface area contributed by atoms with E-state index < -0.39 is 15.9 Å². The van der Waals surface area contributed by atoms with Crippen molar-refractivity contribution < 1.29 is 22.7 Å². The van der Waals surface area contributed by atoms with Crippen LogP contribution in [0.1, 0.15) is 23.2 Å². The summed E-state index contributed by atoms with van der Waals surface area (Å²) in [5.74, 6) is -0.512. The molecule has 33 heavy (non-hydrogen) atoms. The van der Waals surface area contributed by atoms with Crippen LogP contribution < -0.4 is 10.6 Å². The number of nitrogens with one attached hydrogen (secondary N) is 2. The van der Waals surface area contributed by atoms with E-state index in [1.165, 1.54) is 16.4 Å². The summed E-state index contributed by atoms with van der Waals surface area (Å²) >= 11 is 0. The predicted molar refractivity (Wildman–Crippen MR) is 125 cm³/mol. The fourth-order valence-electron chi connectivity index (χ4n) is 3.88. The lowest BCUT2D eigenvalue weighted by Crippen LogP contribution is -2.41. The second-order valence-electron chi connectivity index (χ2n) is 8.11. The number of anilines is 2. The van der Waals surface area contributed by atoms with Crippen molar-refractivity contribution >= 4 is 33.2 Å². The van der Waals surface area contributed by atoms with Crippen LogP contribution in [0.25, 0.3) is 0 Å². The maximum absolute atomic E-state index is 12.8. The summed E-state index contributed by atoms with van der Waals surface area (Å²) in [5, 5.41) is 5.62. The van der Waals surface area contributed by atoms with Gasteiger partial charge in [0.25, 0.3) is 5.91 Å². The molecule has 10 heteroatoms. The zero-order chi connectivity index (χ0) is 23.3. The molecule has 0 spiro atoms. The lowest BCUT2D eigenvalue weighted by atomic mass is 10.2. The minimum atomic E-state index is -3.59. The molecule has 0 aliphatic carbocycles. The van der Waals surface area contributed by atoms with E-state index in [2.05, 4.69) is 10.6 Å². The van der Waals surface area contributed by atoms with Crippen LogP contribution in [-0.4, -0.2) is 75.4 Å². The second kappa shape index (κ2) is 10.4. The van der Waals surface area contributed by atoms with Crippen LogP contribution in [-0.2, 0) is 19.6 Å². The number of hydrogen-bond donors (Lipinski definition) is 2. The Kier molecular flexibility index (Phi) is 7.39. The van der Waals surface area contributed by atoms with Crippen LogP contribution >= 0.6 is 0 Å². The fourth-order valence-corrected chi connectivity index (χ4v) is 5.44. The molecular weight excluding hydrogens is 444 g/mol. The summed E-state index contributed by atoms with van der Waals surface area (Å²) in [6.07, 6.45) is 1.70. The van der Waals surface area contributed by atoms with Gasteiger partial charge in [0.15, 0.2) is 0 Å². The van der Waals surface area contributed by atoms with E-state index in [-0.39, 0.29) is 16.4 Å². The summed E-state index contributed by atoms with van der Waals surface area (Å²) in [5.41, 5.74) is 1.43. The molecule has 2 N–H and O–H groups in total. The molecule has 0 aromatic heterocycles. The molecule has 2 aliphatic rings. The molecule has 0 atom stereocenters. The Labute approximate surface area is 193 Å². The van der Waals surface area contributed by atoms with E-state index in [0.717, 1.165) is 25.9 Å². The summed E-state index contributed by atoms with van der Waals surface area (Å²) in [6, 6.07) is 12.9. The topological polar surface area (TPSA) is 108 Å². The summed E-state index contributed by atoms with van der Waals surface area (Å²) in [7, 11) is -3.59. The highest BCUT2D eigenvalue weighted by molar-refractivity contribution is 7.89. The van der Waals surface area contributed by atoms with Gasteiger partial charge in [-0.25, -0.2) is 8.42 Å². The van der Waals surface area contributed by atoms with Crippen molar-refractivity contribution in [3.63, 3.8) is 0 Å². The lowest BCUT2D eigenvalue weighted by molar-refractivity contribution is -0.118. The summed E-state index contributed by atoms with van der Waals surface area (Å²) in [4.78, 5) is 27.1. The van der Waals surface area contributed by atoms with Crippen molar-refractivity contribution in [3.8, 4) is 0 Å². The lowest BCUT2D eigenvalue weighted by Gasteiger charge is -2.25. The Morgan fingerprint density at radius 2 is 1.52 bits per heavy atom. The van der Waals surface area contributed by atoms with E-state index in [9.17, 15) is 18.0 Å². The van der Waals surface area contributed by atoms with Gasteiger partial charge in [0.2, 0.25) is 15.9 Å². The normalized spacial score (nSPS) is 17.6. The molecule has 0 bridgehead atoms. The molecule has 4 rings (SSSR count). The summed E-state index contributed by atoms with van der Waals surface area (Å²) in [6.45, 7) is 4.06. The van der Waals surface area contributed by atoms with Crippen LogP contribution in [0.2, 0.25) is 0 Å². The van der Waals surface area contributed by atoms with Crippen molar-refractivity contribution in [2.75, 3.05) is 56.6 Å². The third-order valence-electron chi connectivity index (χ3n) is 5.70. The Hall–Kier alpha value is -2.79. The zero-order valence-corrected chi connectivity index (χ0v) is 19.1. The molecule has 2 amide bonds. The molecule has 2 saturated heterocycles. The van der Waals surface area contributed by atoms with Gasteiger partial charge in [0.1, 0.15) is 0 Å². The number of carbonyl (C=O) groups excluding carboxylic acids is 2. The van der Waals surface area contributed by atoms with Crippen LogP contribution in [0, 0.1) is 0 Å². The molecule has 9 nitrogen and oxygen atoms in total. The van der Waals surface area contributed by atoms with Gasteiger partial charge in [-0.05, 0) is 55.3 Å². The van der Waals surface area contributed by atoms with Gasteiger partial charge < -0.3 is 15.4 Å². The minimum absolute atomic E-state index is 0.107. The third-order valence-corrected chi connectivity index (χ3v) is 7.59. The molecule has 176 valence electrons. The molecular formula is C23H28N4O5S. The first-order chi connectivity index (χ1) is 15.9. The third kappa shape index (κ3) is 5.97. The first-order valence-electron chi connectivity index (χ1n) is 11.0. The SMILES string of the molecule is O=C(CN1CCOCC1)Nc1ccc(NC(=O)c2cccc(S(=O)(=O)N3CCCC3)c2)cc1. The maximum atomic E-state index is 12.8. The number of benzene rings is 2. The highest BCUT2D eigenvalue weighted by Crippen LogP contribution is 2.22. The molecule has 2 aromatic rings. The highest BCUT2D eigenvalue weighted by atomic mass is 32.2. The number of amides is 2. The van der Waals surface area contributed by atoms with Gasteiger partial charge >= 0.3 is 0 Å². The molecule has 2 fully saturated rings. The molecule has 0 unspecified atom stereocenters. The van der Waals surface area contributed by atoms with Gasteiger partial charge in [0.05, 0.1) is 24.7 Å². The van der Waals surface area contributed by atoms with Crippen LogP contribution in [0.15, 0.2) is 53.4 Å². The fraction of sp³-hybridized carbons (Fsp3) is 0.391. The number of sulfonamides is 1. The van der Waals surface area contributed by atoms with Crippen molar-refractivity contribution in [1.29, 1.82) is 0 Å². The Bertz CT molecular complexity index is 1090. The van der Waals surface area contributed by atoms with E-state index in [4.69, 9.17) is 4.74 Å². The Balaban J connectivity index is 1.35. The van der Waals surface area contributed by atoms with E-state index in [1.54, 1.807) is 36.4 Å². The van der Waals surface area contributed by atoms with Crippen molar-refractivity contribution in [3.05, 3.63) is 54.1 Å². The average Bonchev–Trinajstić information content (AvgIpc) is 3.37. The first kappa shape index (κ1) is 23.4. The molecule has 0 radical (unpaired) electrons. The smallest absolute Gasteiger partial charge is 0.255 e. The van der Waals surface area contributed by atoms with Crippen molar-refractivity contribution in [2.45, 2.75) is 17.7 Å². The predicted octanol–water partition coefficient (Wildman–Crippen LogP) is 1.99. The number of rotatable bonds is 7. The Morgan fingerprint density at radius 3 is 2.18 bits per heavy atom. The largest absolute Gasteiger partial charge is 0.379 e. The van der Waals surface area contributed by atoms with Crippen molar-refractivity contribution in [2.24, 2.45) is 0 Å². The molecule has 2 aliphatic heterocycles. The molecule has 2 aromatic carbocycles. The number of ether oxygens (including phenoxy) is 1. The first-order valence-corrected chi connectivity index (χ1v) is 12.5. The number of carbonyl (C=O) groups is 2. The Morgan fingerprint density at radius 1 is 0.879 bits per heavy atom. The van der Waals surface area contributed by atoms with Crippen molar-refractivity contribution in [1.82, 2.24) is 9.21 Å². The molecule has 2 heterocycles. The van der Waals surface area contributed by atoms with E-state index in [0.29, 0.717) is 44.2 Å². The quantitative estimate of drug-likeness (QED) is 0.638. The van der Waals surface area contributed by atoms with E-state index >= 15 is 0 Å². The van der Waals surface area contributed by atoms with E-state index in [1.807, 2.05) is 4.90 Å². The van der Waals surface area contributed by atoms with Gasteiger partial charge in [0, 0.05) is 43.1 Å². The van der Waals surface area contributed by atoms with Gasteiger partial charge in [-0.3, -0.25) is 14.5 Å². The molecule has 0 saturated carbocycles. The number of hydrogen-bond acceptors (Lipinski definition) is 6. The number of morpholine rings is 1. The van der Waals surface area contributed by atoms with Gasteiger partial charge in [-0.1, -0.05) is 6.07 Å². The number of nitrogens with zero attached hydrogens (tertiary/aromatic N) is 2. The average molecular weight is 473 g/mol. The zero-order valence-electron chi connectivity index (χ0n) is 18.3. The maximum Gasteiger partial charge on any atom is 0.255 e. The van der Waals surface area contributed by atoms with Crippen LogP contribution in [0.3, 0.4) is 0 Å². The van der Waals surface area contributed by atoms with Crippen LogP contribution in [0.5, 0.6) is 0 Å². The van der Waals surface area contributed by atoms with Gasteiger partial charge in [-0.2, -0.15) is 4.31 Å². The highest BCUT2D eigenvalue weighted by Gasteiger charge is 2.27. The monoisotopic (exact) mass is 472 g/mol. The van der Waals surface area contributed by atoms with Crippen LogP contribution in [0.4, 0.5) is 11.4 Å². The van der Waals surface area contributed by atoms with Gasteiger partial charge in [-0.15, -0.1) is 0 Å². The summed E-state index contributed by atoms with van der Waals surface area (Å²) < 4.78 is 32.3. The standard InChI is InChI=1S/C23H28N4O5S/c28-22(17-26-12-14-32-15-13-26)24-19-6-8-20(9-7-19)25-23(29)18-4-3-5-21(16-18)33(30,31)27-10-1-2-11-27/h3-9,16H,1-2,10-15,17H2,(H,24,28)(H,25,29). The second-order valence-corrected chi connectivity index (χ2v) is 10.0.